The molecular formula is C25H38N4O6. The Morgan fingerprint density at radius 1 is 1.26 bits per heavy atom. The lowest BCUT2D eigenvalue weighted by atomic mass is 9.64. The molecule has 0 aliphatic heterocycles. The number of aliphatic carboxylic acids is 1. The van der Waals surface area contributed by atoms with Crippen LogP contribution in [0.2, 0.25) is 0 Å². The van der Waals surface area contributed by atoms with Crippen LogP contribution in [0.25, 0.3) is 6.20 Å². The first kappa shape index (κ1) is 26.6. The number of hydrogen-bond acceptors (Lipinski definition) is 6. The van der Waals surface area contributed by atoms with E-state index in [0.29, 0.717) is 30.9 Å². The van der Waals surface area contributed by atoms with Crippen LogP contribution in [0.4, 0.5) is 4.79 Å². The minimum atomic E-state index is -0.742. The number of rotatable bonds is 9. The summed E-state index contributed by atoms with van der Waals surface area (Å²) in [6, 6.07) is -0.0492. The quantitative estimate of drug-likeness (QED) is 0.482. The summed E-state index contributed by atoms with van der Waals surface area (Å²) in [5.74, 6) is -0.467. The first-order valence-corrected chi connectivity index (χ1v) is 12.3. The molecule has 10 nitrogen and oxygen atoms in total. The SMILES string of the molecule is COC(=O)NC(C)(C)/C=C/n1ncc(C(=O)N[C@H]2C3CCCC2C[C@H](C(=O)O)C3)c1OCC(C)C. The van der Waals surface area contributed by atoms with Gasteiger partial charge in [0.05, 0.1) is 31.4 Å². The van der Waals surface area contributed by atoms with E-state index in [4.69, 9.17) is 4.74 Å². The van der Waals surface area contributed by atoms with Crippen molar-refractivity contribution in [1.29, 1.82) is 0 Å². The molecule has 194 valence electrons. The summed E-state index contributed by atoms with van der Waals surface area (Å²) < 4.78 is 12.1. The van der Waals surface area contributed by atoms with Crippen LogP contribution in [0.3, 0.4) is 0 Å². The number of ether oxygens (including phenoxy) is 2. The number of carbonyl (C=O) groups excluding carboxylic acids is 2. The Kier molecular flexibility index (Phi) is 8.45. The van der Waals surface area contributed by atoms with Gasteiger partial charge in [-0.3, -0.25) is 9.59 Å². The van der Waals surface area contributed by atoms with Gasteiger partial charge in [-0.1, -0.05) is 20.3 Å². The highest BCUT2D eigenvalue weighted by Crippen LogP contribution is 2.43. The number of methoxy groups -OCH3 is 1. The molecule has 1 aromatic rings. The molecule has 2 bridgehead atoms. The van der Waals surface area contributed by atoms with E-state index in [2.05, 4.69) is 20.5 Å². The lowest BCUT2D eigenvalue weighted by Gasteiger charge is -2.45. The van der Waals surface area contributed by atoms with Crippen molar-refractivity contribution in [2.75, 3.05) is 13.7 Å². The van der Waals surface area contributed by atoms with E-state index in [1.54, 1.807) is 26.1 Å². The molecule has 35 heavy (non-hydrogen) atoms. The van der Waals surface area contributed by atoms with Gasteiger partial charge < -0.3 is 25.2 Å². The van der Waals surface area contributed by atoms with E-state index in [1.165, 1.54) is 18.0 Å². The van der Waals surface area contributed by atoms with Crippen molar-refractivity contribution in [2.45, 2.75) is 71.4 Å². The summed E-state index contributed by atoms with van der Waals surface area (Å²) in [6.07, 6.45) is 8.41. The van der Waals surface area contributed by atoms with Gasteiger partial charge in [0.25, 0.3) is 5.91 Å². The summed E-state index contributed by atoms with van der Waals surface area (Å²) in [7, 11) is 1.30. The van der Waals surface area contributed by atoms with Gasteiger partial charge in [-0.05, 0) is 63.4 Å². The molecule has 3 rings (SSSR count). The molecule has 2 aliphatic rings. The second kappa shape index (κ2) is 11.1. The van der Waals surface area contributed by atoms with Gasteiger partial charge in [0.1, 0.15) is 5.56 Å². The molecule has 1 heterocycles. The zero-order chi connectivity index (χ0) is 25.8. The molecule has 2 unspecified atom stereocenters. The standard InChI is InChI=1S/C25H38N4O6/c1-15(2)14-35-22-19(13-26-29(22)10-9-25(3,4)28-24(33)34-5)21(30)27-20-16-7-6-8-17(20)12-18(11-16)23(31)32/h9-10,13,15-18,20H,6-8,11-12,14H2,1-5H3,(H,27,30)(H,28,33)(H,31,32)/b10-9+/t16?,17?,18-,20+. The third kappa shape index (κ3) is 6.76. The Labute approximate surface area is 206 Å². The molecular weight excluding hydrogens is 452 g/mol. The number of carbonyl (C=O) groups is 3. The summed E-state index contributed by atoms with van der Waals surface area (Å²) in [5, 5.41) is 19.7. The Hall–Kier alpha value is -3.04. The maximum atomic E-state index is 13.4. The average Bonchev–Trinajstić information content (AvgIpc) is 3.18. The van der Waals surface area contributed by atoms with E-state index >= 15 is 0 Å². The number of nitrogens with zero attached hydrogens (tertiary/aromatic N) is 2. The van der Waals surface area contributed by atoms with Gasteiger partial charge in [0, 0.05) is 12.2 Å². The van der Waals surface area contributed by atoms with Crippen LogP contribution in [0.5, 0.6) is 5.88 Å². The van der Waals surface area contributed by atoms with Crippen molar-refractivity contribution in [3.8, 4) is 5.88 Å². The number of aromatic nitrogens is 2. The van der Waals surface area contributed by atoms with Crippen molar-refractivity contribution in [2.24, 2.45) is 23.7 Å². The van der Waals surface area contributed by atoms with Gasteiger partial charge in [0.2, 0.25) is 5.88 Å². The Bertz CT molecular complexity index is 940. The predicted molar refractivity (Wildman–Crippen MR) is 130 cm³/mol. The number of fused-ring (bicyclic) bond motifs is 2. The third-order valence-corrected chi connectivity index (χ3v) is 6.78. The van der Waals surface area contributed by atoms with E-state index in [1.807, 2.05) is 13.8 Å². The maximum Gasteiger partial charge on any atom is 0.407 e. The van der Waals surface area contributed by atoms with Crippen LogP contribution in [-0.2, 0) is 9.53 Å². The Morgan fingerprint density at radius 3 is 2.49 bits per heavy atom. The number of hydrogen-bond donors (Lipinski definition) is 3. The van der Waals surface area contributed by atoms with Crippen LogP contribution in [0.15, 0.2) is 12.3 Å². The topological polar surface area (TPSA) is 132 Å². The molecule has 2 amide bonds. The van der Waals surface area contributed by atoms with Crippen LogP contribution < -0.4 is 15.4 Å². The zero-order valence-electron chi connectivity index (χ0n) is 21.2. The second-order valence-corrected chi connectivity index (χ2v) is 10.6. The van der Waals surface area contributed by atoms with Crippen LogP contribution in [0, 0.1) is 23.7 Å². The highest BCUT2D eigenvalue weighted by atomic mass is 16.5. The molecule has 10 heteroatoms. The molecule has 2 aliphatic carbocycles. The maximum absolute atomic E-state index is 13.4. The molecule has 3 N–H and O–H groups in total. The Balaban J connectivity index is 1.80. The van der Waals surface area contributed by atoms with E-state index in [9.17, 15) is 19.5 Å². The largest absolute Gasteiger partial charge is 0.481 e. The molecule has 1 aromatic heterocycles. The molecule has 2 saturated carbocycles. The van der Waals surface area contributed by atoms with Crippen molar-refractivity contribution in [1.82, 2.24) is 20.4 Å². The average molecular weight is 491 g/mol. The smallest absolute Gasteiger partial charge is 0.407 e. The van der Waals surface area contributed by atoms with E-state index in [0.717, 1.165) is 19.3 Å². The summed E-state index contributed by atoms with van der Waals surface area (Å²) in [5.41, 5.74) is -0.399. The van der Waals surface area contributed by atoms with Gasteiger partial charge in [-0.15, -0.1) is 0 Å². The number of carboxylic acid groups (broad SMARTS) is 1. The normalized spacial score (nSPS) is 24.3. The number of nitrogens with one attached hydrogen (secondary N) is 2. The molecule has 2 fully saturated rings. The highest BCUT2D eigenvalue weighted by molar-refractivity contribution is 5.96. The fourth-order valence-corrected chi connectivity index (χ4v) is 5.02. The first-order valence-electron chi connectivity index (χ1n) is 12.3. The highest BCUT2D eigenvalue weighted by Gasteiger charge is 2.43. The lowest BCUT2D eigenvalue weighted by Crippen LogP contribution is -2.52. The second-order valence-electron chi connectivity index (χ2n) is 10.6. The zero-order valence-corrected chi connectivity index (χ0v) is 21.2. The molecule has 0 aromatic carbocycles. The first-order chi connectivity index (χ1) is 16.5. The number of alkyl carbamates (subject to hydrolysis) is 1. The Morgan fingerprint density at radius 2 is 1.91 bits per heavy atom. The third-order valence-electron chi connectivity index (χ3n) is 6.78. The van der Waals surface area contributed by atoms with Crippen molar-refractivity contribution < 1.29 is 29.0 Å². The van der Waals surface area contributed by atoms with Crippen LogP contribution in [-0.4, -0.2) is 58.2 Å². The number of carboxylic acids is 1. The minimum absolute atomic E-state index is 0.0492. The summed E-state index contributed by atoms with van der Waals surface area (Å²) in [4.78, 5) is 36.5. The molecule has 0 saturated heterocycles. The van der Waals surface area contributed by atoms with Crippen molar-refractivity contribution >= 4 is 24.2 Å². The van der Waals surface area contributed by atoms with Gasteiger partial charge >= 0.3 is 12.1 Å². The van der Waals surface area contributed by atoms with Crippen LogP contribution in [0.1, 0.15) is 70.2 Å². The molecule has 2 atom stereocenters. The summed E-state index contributed by atoms with van der Waals surface area (Å²) in [6.45, 7) is 8.04. The monoisotopic (exact) mass is 490 g/mol. The van der Waals surface area contributed by atoms with E-state index < -0.39 is 17.6 Å². The molecule has 0 radical (unpaired) electrons. The fourth-order valence-electron chi connectivity index (χ4n) is 5.02. The van der Waals surface area contributed by atoms with Gasteiger partial charge in [-0.2, -0.15) is 5.10 Å². The predicted octanol–water partition coefficient (Wildman–Crippen LogP) is 3.53. The fraction of sp³-hybridized carbons (Fsp3) is 0.680. The van der Waals surface area contributed by atoms with E-state index in [-0.39, 0.29) is 35.6 Å². The van der Waals surface area contributed by atoms with Gasteiger partial charge in [-0.25, -0.2) is 9.48 Å². The number of amides is 2. The van der Waals surface area contributed by atoms with Gasteiger partial charge in [0.15, 0.2) is 0 Å². The lowest BCUT2D eigenvalue weighted by molar-refractivity contribution is -0.145. The van der Waals surface area contributed by atoms with Crippen molar-refractivity contribution in [3.05, 3.63) is 17.8 Å². The minimum Gasteiger partial charge on any atom is -0.481 e. The molecule has 0 spiro atoms. The van der Waals surface area contributed by atoms with Crippen LogP contribution >= 0.6 is 0 Å². The summed E-state index contributed by atoms with van der Waals surface area (Å²) >= 11 is 0. The van der Waals surface area contributed by atoms with Crippen molar-refractivity contribution in [3.63, 3.8) is 0 Å².